The van der Waals surface area contributed by atoms with Crippen molar-refractivity contribution in [3.05, 3.63) is 51.8 Å². The van der Waals surface area contributed by atoms with Gasteiger partial charge >= 0.3 is 0 Å². The average molecular weight is 472 g/mol. The maximum Gasteiger partial charge on any atom is 0.263 e. The fraction of sp³-hybridized carbons (Fsp3) is 0.409. The summed E-state index contributed by atoms with van der Waals surface area (Å²) in [6.07, 6.45) is 4.55. The first-order chi connectivity index (χ1) is 15.8. The summed E-state index contributed by atoms with van der Waals surface area (Å²) < 4.78 is 13.0. The van der Waals surface area contributed by atoms with Gasteiger partial charge in [0.1, 0.15) is 16.4 Å². The number of rotatable bonds is 8. The van der Waals surface area contributed by atoms with Crippen LogP contribution >= 0.6 is 11.6 Å². The molecule has 4 aromatic heterocycles. The first kappa shape index (κ1) is 23.1. The quantitative estimate of drug-likeness (QED) is 0.373. The lowest BCUT2D eigenvalue weighted by molar-refractivity contribution is -0.00660. The van der Waals surface area contributed by atoms with Crippen LogP contribution in [0.4, 0.5) is 0 Å². The third-order valence-corrected chi connectivity index (χ3v) is 5.43. The van der Waals surface area contributed by atoms with E-state index in [1.807, 2.05) is 20.8 Å². The number of nitrogens with zero attached hydrogens (tertiary/aromatic N) is 5. The van der Waals surface area contributed by atoms with Gasteiger partial charge in [-0.15, -0.1) is 0 Å². The molecule has 0 spiro atoms. The number of hydrogen-bond donors (Lipinski definition) is 2. The van der Waals surface area contributed by atoms with Gasteiger partial charge in [0.25, 0.3) is 11.4 Å². The van der Waals surface area contributed by atoms with E-state index in [2.05, 4.69) is 25.2 Å². The van der Waals surface area contributed by atoms with Gasteiger partial charge in [-0.3, -0.25) is 4.79 Å². The molecule has 0 amide bonds. The fourth-order valence-electron chi connectivity index (χ4n) is 3.60. The zero-order chi connectivity index (χ0) is 23.6. The predicted octanol–water partition coefficient (Wildman–Crippen LogP) is 3.43. The van der Waals surface area contributed by atoms with Crippen LogP contribution in [0.15, 0.2) is 39.9 Å². The Balaban J connectivity index is 1.71. The largest absolute Gasteiger partial charge is 0.376 e. The first-order valence-electron chi connectivity index (χ1n) is 10.7. The van der Waals surface area contributed by atoms with Crippen LogP contribution in [0, 0.1) is 0 Å². The Kier molecular flexibility index (Phi) is 6.59. The van der Waals surface area contributed by atoms with E-state index in [1.54, 1.807) is 35.1 Å². The predicted molar refractivity (Wildman–Crippen MR) is 124 cm³/mol. The number of nitrogens with one attached hydrogen (secondary N) is 1. The van der Waals surface area contributed by atoms with Crippen molar-refractivity contribution in [1.29, 1.82) is 0 Å². The second-order valence-electron chi connectivity index (χ2n) is 8.67. The summed E-state index contributed by atoms with van der Waals surface area (Å²) in [5.41, 5.74) is 7.62. The molecular weight excluding hydrogens is 446 g/mol. The minimum Gasteiger partial charge on any atom is -0.376 e. The van der Waals surface area contributed by atoms with Gasteiger partial charge in [-0.1, -0.05) is 16.8 Å². The van der Waals surface area contributed by atoms with Gasteiger partial charge in [-0.2, -0.15) is 10.1 Å². The van der Waals surface area contributed by atoms with Gasteiger partial charge in [0.15, 0.2) is 0 Å². The highest BCUT2D eigenvalue weighted by atomic mass is 35.5. The summed E-state index contributed by atoms with van der Waals surface area (Å²) in [7, 11) is 0. The van der Waals surface area contributed by atoms with Gasteiger partial charge in [-0.25, -0.2) is 9.50 Å². The fourth-order valence-corrected chi connectivity index (χ4v) is 3.81. The number of pyridine rings is 1. The molecule has 0 aliphatic rings. The Hall–Kier alpha value is -3.08. The minimum atomic E-state index is -0.256. The van der Waals surface area contributed by atoms with E-state index >= 15 is 0 Å². The molecule has 10 nitrogen and oxygen atoms in total. The topological polar surface area (TPSA) is 137 Å². The molecule has 0 radical (unpaired) electrons. The second-order valence-corrected chi connectivity index (χ2v) is 9.02. The molecular formula is C22H26ClN7O3. The molecule has 11 heteroatoms. The molecule has 0 saturated carbocycles. The summed E-state index contributed by atoms with van der Waals surface area (Å²) in [5, 5.41) is 8.77. The number of H-pyrrole nitrogens is 1. The molecule has 0 aliphatic heterocycles. The molecule has 174 valence electrons. The summed E-state index contributed by atoms with van der Waals surface area (Å²) in [6.45, 7) is 7.03. The van der Waals surface area contributed by atoms with E-state index in [9.17, 15) is 4.79 Å². The maximum absolute atomic E-state index is 12.5. The third-order valence-electron chi connectivity index (χ3n) is 5.13. The van der Waals surface area contributed by atoms with Crippen molar-refractivity contribution in [2.24, 2.45) is 5.73 Å². The van der Waals surface area contributed by atoms with Crippen molar-refractivity contribution in [1.82, 2.24) is 29.7 Å². The molecule has 0 saturated heterocycles. The standard InChI is InChI=1S/C22H26ClN7O3/c1-22(2,3)32-10-7-13(6-8-24)16-11-17(31)27-20-15(12-26-30(16)20)21-28-19(29-33-21)14-5-4-9-25-18(14)23/h4-5,9,11-13H,6-8,10,24H2,1-3H3,(H,27,31). The molecule has 1 unspecified atom stereocenters. The summed E-state index contributed by atoms with van der Waals surface area (Å²) in [6, 6.07) is 5.03. The van der Waals surface area contributed by atoms with E-state index in [0.29, 0.717) is 48.6 Å². The molecule has 33 heavy (non-hydrogen) atoms. The van der Waals surface area contributed by atoms with Crippen molar-refractivity contribution >= 4 is 17.2 Å². The lowest BCUT2D eigenvalue weighted by Crippen LogP contribution is -2.23. The zero-order valence-electron chi connectivity index (χ0n) is 18.7. The number of halogens is 1. The van der Waals surface area contributed by atoms with Crippen molar-refractivity contribution in [2.75, 3.05) is 13.2 Å². The molecule has 1 atom stereocenters. The van der Waals surface area contributed by atoms with Gasteiger partial charge in [0.2, 0.25) is 5.82 Å². The highest BCUT2D eigenvalue weighted by Gasteiger charge is 2.22. The van der Waals surface area contributed by atoms with Crippen LogP contribution in [0.2, 0.25) is 5.15 Å². The molecule has 4 aromatic rings. The number of ether oxygens (including phenoxy) is 1. The van der Waals surface area contributed by atoms with E-state index in [0.717, 1.165) is 5.69 Å². The lowest BCUT2D eigenvalue weighted by atomic mass is 9.97. The second kappa shape index (κ2) is 9.42. The first-order valence-corrected chi connectivity index (χ1v) is 11.0. The summed E-state index contributed by atoms with van der Waals surface area (Å²) in [4.78, 5) is 23.8. The zero-order valence-corrected chi connectivity index (χ0v) is 19.5. The minimum absolute atomic E-state index is 0.0117. The van der Waals surface area contributed by atoms with Crippen molar-refractivity contribution in [3.8, 4) is 22.8 Å². The van der Waals surface area contributed by atoms with Crippen LogP contribution in [0.1, 0.15) is 45.2 Å². The van der Waals surface area contributed by atoms with Crippen LogP contribution < -0.4 is 11.3 Å². The summed E-state index contributed by atoms with van der Waals surface area (Å²) >= 11 is 6.15. The van der Waals surface area contributed by atoms with E-state index in [-0.39, 0.29) is 28.1 Å². The monoisotopic (exact) mass is 471 g/mol. The average Bonchev–Trinajstić information content (AvgIpc) is 3.39. The Morgan fingerprint density at radius 2 is 2.12 bits per heavy atom. The van der Waals surface area contributed by atoms with Crippen molar-refractivity contribution in [3.63, 3.8) is 0 Å². The Labute approximate surface area is 195 Å². The number of nitrogens with two attached hydrogens (primary N) is 1. The van der Waals surface area contributed by atoms with Crippen LogP contribution in [0.25, 0.3) is 28.5 Å². The lowest BCUT2D eigenvalue weighted by Gasteiger charge is -2.22. The van der Waals surface area contributed by atoms with Gasteiger partial charge < -0.3 is 20.0 Å². The summed E-state index contributed by atoms with van der Waals surface area (Å²) in [5.74, 6) is 0.489. The highest BCUT2D eigenvalue weighted by molar-refractivity contribution is 6.31. The molecule has 0 fully saturated rings. The number of fused-ring (bicyclic) bond motifs is 1. The van der Waals surface area contributed by atoms with Gasteiger partial charge in [0.05, 0.1) is 23.1 Å². The van der Waals surface area contributed by atoms with Gasteiger partial charge in [-0.05, 0) is 52.3 Å². The molecule has 4 rings (SSSR count). The van der Waals surface area contributed by atoms with Crippen molar-refractivity contribution in [2.45, 2.75) is 45.1 Å². The SMILES string of the molecule is CC(C)(C)OCCC(CCN)c1cc(=O)[nH]c2c(-c3nc(-c4cccnc4Cl)no3)cnn12. The van der Waals surface area contributed by atoms with Crippen LogP contribution in [-0.4, -0.2) is 48.5 Å². The molecule has 0 aromatic carbocycles. The molecule has 4 heterocycles. The number of aromatic amines is 1. The van der Waals surface area contributed by atoms with Crippen LogP contribution in [0.5, 0.6) is 0 Å². The van der Waals surface area contributed by atoms with Gasteiger partial charge in [0, 0.05) is 24.8 Å². The van der Waals surface area contributed by atoms with Crippen LogP contribution in [-0.2, 0) is 4.74 Å². The molecule has 0 bridgehead atoms. The molecule has 0 aliphatic carbocycles. The Morgan fingerprint density at radius 1 is 1.30 bits per heavy atom. The third kappa shape index (κ3) is 5.13. The molecule has 3 N–H and O–H groups in total. The van der Waals surface area contributed by atoms with Crippen molar-refractivity contribution < 1.29 is 9.26 Å². The number of hydrogen-bond acceptors (Lipinski definition) is 8. The highest BCUT2D eigenvalue weighted by Crippen LogP contribution is 2.29. The smallest absolute Gasteiger partial charge is 0.263 e. The normalized spacial score (nSPS) is 13.0. The Bertz CT molecular complexity index is 1310. The van der Waals surface area contributed by atoms with E-state index < -0.39 is 0 Å². The Morgan fingerprint density at radius 3 is 2.85 bits per heavy atom. The van der Waals surface area contributed by atoms with E-state index in [4.69, 9.17) is 26.6 Å². The maximum atomic E-state index is 12.5. The van der Waals surface area contributed by atoms with E-state index in [1.165, 1.54) is 0 Å². The number of aromatic nitrogens is 6. The van der Waals surface area contributed by atoms with Crippen LogP contribution in [0.3, 0.4) is 0 Å².